The second-order valence-electron chi connectivity index (χ2n) is 6.99. The van der Waals surface area contributed by atoms with Crippen molar-refractivity contribution in [1.82, 2.24) is 4.90 Å². The second-order valence-corrected chi connectivity index (χ2v) is 8.41. The fourth-order valence-electron chi connectivity index (χ4n) is 3.41. The van der Waals surface area contributed by atoms with E-state index in [-0.39, 0.29) is 11.8 Å². The summed E-state index contributed by atoms with van der Waals surface area (Å²) in [5.74, 6) is 0.807. The van der Waals surface area contributed by atoms with Gasteiger partial charge in [-0.1, -0.05) is 17.7 Å². The van der Waals surface area contributed by atoms with Crippen LogP contribution >= 0.6 is 23.4 Å². The highest BCUT2D eigenvalue weighted by Crippen LogP contribution is 2.21. The molecule has 0 unspecified atom stereocenters. The standard InChI is InChI=1S/C22H22ClN3O3S/c23-17-4-6-19(7-5-17)25-8-10-26(11-9-25)22(28)16-2-1-3-18(14-16)24-21(27)20-15-30-13-12-29-20/h1-7,14-15H,8-13H2,(H,24,27). The van der Waals surface area contributed by atoms with Crippen LogP contribution in [-0.4, -0.2) is 55.3 Å². The molecule has 2 aromatic rings. The number of carbonyl (C=O) groups is 2. The molecule has 2 aromatic carbocycles. The van der Waals surface area contributed by atoms with Gasteiger partial charge in [0, 0.05) is 59.3 Å². The number of ether oxygens (including phenoxy) is 1. The Balaban J connectivity index is 1.37. The highest BCUT2D eigenvalue weighted by molar-refractivity contribution is 8.02. The molecule has 0 atom stereocenters. The molecule has 2 amide bonds. The predicted octanol–water partition coefficient (Wildman–Crippen LogP) is 3.85. The molecule has 4 rings (SSSR count). The minimum atomic E-state index is -0.302. The van der Waals surface area contributed by atoms with Gasteiger partial charge in [0.1, 0.15) is 0 Å². The number of carbonyl (C=O) groups excluding carboxylic acids is 2. The SMILES string of the molecule is O=C(Nc1cccc(C(=O)N2CCN(c3ccc(Cl)cc3)CC2)c1)C1=CSCCO1. The maximum Gasteiger partial charge on any atom is 0.291 e. The maximum absolute atomic E-state index is 13.0. The summed E-state index contributed by atoms with van der Waals surface area (Å²) in [5, 5.41) is 5.24. The number of rotatable bonds is 4. The Labute approximate surface area is 184 Å². The topological polar surface area (TPSA) is 61.9 Å². The number of thioether (sulfide) groups is 1. The Morgan fingerprint density at radius 2 is 1.80 bits per heavy atom. The second kappa shape index (κ2) is 9.45. The summed E-state index contributed by atoms with van der Waals surface area (Å²) < 4.78 is 5.38. The zero-order valence-electron chi connectivity index (χ0n) is 16.3. The fourth-order valence-corrected chi connectivity index (χ4v) is 4.16. The van der Waals surface area contributed by atoms with E-state index in [4.69, 9.17) is 16.3 Å². The van der Waals surface area contributed by atoms with Gasteiger partial charge in [-0.15, -0.1) is 11.8 Å². The van der Waals surface area contributed by atoms with Crippen LogP contribution in [0.3, 0.4) is 0 Å². The van der Waals surface area contributed by atoms with Crippen molar-refractivity contribution in [3.05, 3.63) is 70.3 Å². The van der Waals surface area contributed by atoms with Gasteiger partial charge in [0.15, 0.2) is 5.76 Å². The molecular formula is C22H22ClN3O3S. The summed E-state index contributed by atoms with van der Waals surface area (Å²) in [4.78, 5) is 29.4. The van der Waals surface area contributed by atoms with Crippen LogP contribution in [0.15, 0.2) is 59.7 Å². The van der Waals surface area contributed by atoms with Crippen molar-refractivity contribution in [1.29, 1.82) is 0 Å². The summed E-state index contributed by atoms with van der Waals surface area (Å²) in [5.41, 5.74) is 2.24. The van der Waals surface area contributed by atoms with Crippen molar-refractivity contribution in [2.24, 2.45) is 0 Å². The zero-order valence-corrected chi connectivity index (χ0v) is 17.9. The third kappa shape index (κ3) is 4.91. The van der Waals surface area contributed by atoms with Crippen LogP contribution in [0.25, 0.3) is 0 Å². The van der Waals surface area contributed by atoms with Crippen molar-refractivity contribution in [3.63, 3.8) is 0 Å². The van der Waals surface area contributed by atoms with E-state index in [1.165, 1.54) is 0 Å². The molecule has 1 N–H and O–H groups in total. The number of nitrogens with zero attached hydrogens (tertiary/aromatic N) is 2. The van der Waals surface area contributed by atoms with Crippen molar-refractivity contribution in [3.8, 4) is 0 Å². The molecule has 156 valence electrons. The van der Waals surface area contributed by atoms with Crippen LogP contribution in [0.2, 0.25) is 5.02 Å². The molecule has 30 heavy (non-hydrogen) atoms. The first-order valence-electron chi connectivity index (χ1n) is 9.76. The van der Waals surface area contributed by atoms with E-state index in [2.05, 4.69) is 10.2 Å². The molecule has 8 heteroatoms. The predicted molar refractivity (Wildman–Crippen MR) is 121 cm³/mol. The van der Waals surface area contributed by atoms with Crippen molar-refractivity contribution in [2.75, 3.05) is 48.8 Å². The lowest BCUT2D eigenvalue weighted by molar-refractivity contribution is -0.116. The van der Waals surface area contributed by atoms with Crippen LogP contribution < -0.4 is 10.2 Å². The van der Waals surface area contributed by atoms with Gasteiger partial charge < -0.3 is 19.9 Å². The Bertz CT molecular complexity index is 956. The lowest BCUT2D eigenvalue weighted by Gasteiger charge is -2.36. The van der Waals surface area contributed by atoms with Gasteiger partial charge in [-0.05, 0) is 42.5 Å². The van der Waals surface area contributed by atoms with E-state index < -0.39 is 0 Å². The highest BCUT2D eigenvalue weighted by atomic mass is 35.5. The van der Waals surface area contributed by atoms with E-state index >= 15 is 0 Å². The quantitative estimate of drug-likeness (QED) is 0.777. The molecular weight excluding hydrogens is 422 g/mol. The first-order chi connectivity index (χ1) is 14.6. The van der Waals surface area contributed by atoms with Gasteiger partial charge in [-0.2, -0.15) is 0 Å². The van der Waals surface area contributed by atoms with Gasteiger partial charge in [0.05, 0.1) is 6.61 Å². The number of halogens is 1. The molecule has 1 saturated heterocycles. The van der Waals surface area contributed by atoms with Crippen molar-refractivity contribution in [2.45, 2.75) is 0 Å². The molecule has 0 radical (unpaired) electrons. The number of amides is 2. The molecule has 6 nitrogen and oxygen atoms in total. The molecule has 0 saturated carbocycles. The monoisotopic (exact) mass is 443 g/mol. The Hall–Kier alpha value is -2.64. The largest absolute Gasteiger partial charge is 0.487 e. The fraction of sp³-hybridized carbons (Fsp3) is 0.273. The average molecular weight is 444 g/mol. The summed E-state index contributed by atoms with van der Waals surface area (Å²) in [6, 6.07) is 14.8. The van der Waals surface area contributed by atoms with Crippen LogP contribution in [-0.2, 0) is 9.53 Å². The zero-order chi connectivity index (χ0) is 20.9. The molecule has 0 aromatic heterocycles. The van der Waals surface area contributed by atoms with E-state index in [0.717, 1.165) is 24.5 Å². The van der Waals surface area contributed by atoms with Gasteiger partial charge in [-0.25, -0.2) is 0 Å². The number of hydrogen-bond acceptors (Lipinski definition) is 5. The molecule has 0 spiro atoms. The molecule has 2 heterocycles. The third-order valence-corrected chi connectivity index (χ3v) is 6.03. The number of hydrogen-bond donors (Lipinski definition) is 1. The Morgan fingerprint density at radius 3 is 2.50 bits per heavy atom. The first kappa shape index (κ1) is 20.6. The normalized spacial score (nSPS) is 16.5. The van der Waals surface area contributed by atoms with Crippen molar-refractivity contribution < 1.29 is 14.3 Å². The Morgan fingerprint density at radius 1 is 1.03 bits per heavy atom. The van der Waals surface area contributed by atoms with E-state index in [1.807, 2.05) is 29.2 Å². The molecule has 0 bridgehead atoms. The summed E-state index contributed by atoms with van der Waals surface area (Å²) in [7, 11) is 0. The molecule has 2 aliphatic heterocycles. The molecule has 2 aliphatic rings. The van der Waals surface area contributed by atoms with Gasteiger partial charge >= 0.3 is 0 Å². The summed E-state index contributed by atoms with van der Waals surface area (Å²) >= 11 is 7.51. The van der Waals surface area contributed by atoms with Gasteiger partial charge in [0.2, 0.25) is 0 Å². The number of anilines is 2. The van der Waals surface area contributed by atoms with Crippen LogP contribution in [0.5, 0.6) is 0 Å². The highest BCUT2D eigenvalue weighted by Gasteiger charge is 2.23. The maximum atomic E-state index is 13.0. The van der Waals surface area contributed by atoms with Gasteiger partial charge in [0.25, 0.3) is 11.8 Å². The number of nitrogens with one attached hydrogen (secondary N) is 1. The minimum Gasteiger partial charge on any atom is -0.487 e. The van der Waals surface area contributed by atoms with Crippen molar-refractivity contribution >= 4 is 46.6 Å². The van der Waals surface area contributed by atoms with E-state index in [0.29, 0.717) is 41.7 Å². The summed E-state index contributed by atoms with van der Waals surface area (Å²) in [6.07, 6.45) is 0. The van der Waals surface area contributed by atoms with Crippen LogP contribution in [0.1, 0.15) is 10.4 Å². The first-order valence-corrected chi connectivity index (χ1v) is 11.2. The number of piperazine rings is 1. The smallest absolute Gasteiger partial charge is 0.291 e. The van der Waals surface area contributed by atoms with E-state index in [9.17, 15) is 9.59 Å². The van der Waals surface area contributed by atoms with E-state index in [1.54, 1.807) is 41.4 Å². The third-order valence-electron chi connectivity index (χ3n) is 5.00. The molecule has 1 fully saturated rings. The lowest BCUT2D eigenvalue weighted by atomic mass is 10.1. The van der Waals surface area contributed by atoms with Crippen LogP contribution in [0, 0.1) is 0 Å². The Kier molecular flexibility index (Phi) is 6.50. The average Bonchev–Trinajstić information content (AvgIpc) is 2.80. The van der Waals surface area contributed by atoms with Gasteiger partial charge in [-0.3, -0.25) is 9.59 Å². The number of benzene rings is 2. The lowest BCUT2D eigenvalue weighted by Crippen LogP contribution is -2.48. The van der Waals surface area contributed by atoms with Crippen LogP contribution in [0.4, 0.5) is 11.4 Å². The minimum absolute atomic E-state index is 0.0365. The summed E-state index contributed by atoms with van der Waals surface area (Å²) in [6.45, 7) is 3.30. The molecule has 0 aliphatic carbocycles.